The van der Waals surface area contributed by atoms with Gasteiger partial charge in [-0.2, -0.15) is 0 Å². The van der Waals surface area contributed by atoms with Crippen molar-refractivity contribution in [1.29, 1.82) is 0 Å². The number of rotatable bonds is 2. The first-order valence-corrected chi connectivity index (χ1v) is 5.09. The summed E-state index contributed by atoms with van der Waals surface area (Å²) >= 11 is 0. The molecule has 2 nitrogen and oxygen atoms in total. The molecule has 0 aromatic carbocycles. The van der Waals surface area contributed by atoms with Crippen molar-refractivity contribution in [3.63, 3.8) is 0 Å². The van der Waals surface area contributed by atoms with E-state index in [9.17, 15) is 5.11 Å². The molecule has 1 aliphatic heterocycles. The van der Waals surface area contributed by atoms with Crippen molar-refractivity contribution in [3.05, 3.63) is 0 Å². The Morgan fingerprint density at radius 1 is 1.25 bits per heavy atom. The topological polar surface area (TPSA) is 29.5 Å². The SMILES string of the molecule is OC1(CC2CC2)CCCOCC1. The standard InChI is InChI=1S/C10H18O2/c11-10(8-9-2-3-9)4-1-6-12-7-5-10/h9,11H,1-8H2. The van der Waals surface area contributed by atoms with E-state index in [4.69, 9.17) is 4.74 Å². The average molecular weight is 170 g/mol. The van der Waals surface area contributed by atoms with Crippen molar-refractivity contribution in [2.75, 3.05) is 13.2 Å². The van der Waals surface area contributed by atoms with E-state index in [0.717, 1.165) is 44.8 Å². The van der Waals surface area contributed by atoms with Gasteiger partial charge in [0.1, 0.15) is 0 Å². The number of aliphatic hydroxyl groups is 1. The zero-order chi connectivity index (χ0) is 8.44. The van der Waals surface area contributed by atoms with Gasteiger partial charge in [-0.05, 0) is 31.6 Å². The quantitative estimate of drug-likeness (QED) is 0.683. The summed E-state index contributed by atoms with van der Waals surface area (Å²) in [5.41, 5.74) is -0.377. The normalized spacial score (nSPS) is 37.8. The second-order valence-corrected chi connectivity index (χ2v) is 4.34. The van der Waals surface area contributed by atoms with Gasteiger partial charge in [-0.25, -0.2) is 0 Å². The highest BCUT2D eigenvalue weighted by atomic mass is 16.5. The van der Waals surface area contributed by atoms with Crippen molar-refractivity contribution >= 4 is 0 Å². The monoisotopic (exact) mass is 170 g/mol. The fraction of sp³-hybridized carbons (Fsp3) is 1.00. The van der Waals surface area contributed by atoms with Crippen LogP contribution in [0.15, 0.2) is 0 Å². The second kappa shape index (κ2) is 3.35. The van der Waals surface area contributed by atoms with E-state index in [1.54, 1.807) is 0 Å². The van der Waals surface area contributed by atoms with Crippen LogP contribution in [0.5, 0.6) is 0 Å². The molecule has 70 valence electrons. The van der Waals surface area contributed by atoms with E-state index in [-0.39, 0.29) is 5.60 Å². The lowest BCUT2D eigenvalue weighted by atomic mass is 9.89. The summed E-state index contributed by atoms with van der Waals surface area (Å²) in [6.07, 6.45) is 6.53. The third-order valence-corrected chi connectivity index (χ3v) is 3.01. The van der Waals surface area contributed by atoms with Gasteiger partial charge >= 0.3 is 0 Å². The Morgan fingerprint density at radius 2 is 2.08 bits per heavy atom. The Labute approximate surface area is 73.9 Å². The summed E-state index contributed by atoms with van der Waals surface area (Å²) < 4.78 is 5.33. The third-order valence-electron chi connectivity index (χ3n) is 3.01. The van der Waals surface area contributed by atoms with Crippen molar-refractivity contribution < 1.29 is 9.84 Å². The van der Waals surface area contributed by atoms with E-state index in [2.05, 4.69) is 0 Å². The van der Waals surface area contributed by atoms with E-state index in [1.165, 1.54) is 12.8 Å². The lowest BCUT2D eigenvalue weighted by molar-refractivity contribution is 0.00582. The van der Waals surface area contributed by atoms with Crippen molar-refractivity contribution in [3.8, 4) is 0 Å². The Kier molecular flexibility index (Phi) is 2.37. The molecule has 2 aliphatic rings. The average Bonchev–Trinajstić information content (AvgIpc) is 2.80. The molecule has 1 saturated carbocycles. The molecule has 0 aromatic heterocycles. The molecule has 1 N–H and O–H groups in total. The molecule has 1 atom stereocenters. The molecule has 1 aliphatic carbocycles. The van der Waals surface area contributed by atoms with Crippen LogP contribution in [-0.2, 0) is 4.74 Å². The summed E-state index contributed by atoms with van der Waals surface area (Å²) in [7, 11) is 0. The molecule has 0 radical (unpaired) electrons. The minimum atomic E-state index is -0.377. The Hall–Kier alpha value is -0.0800. The predicted octanol–water partition coefficient (Wildman–Crippen LogP) is 1.72. The Balaban J connectivity index is 1.86. The molecule has 1 saturated heterocycles. The third kappa shape index (κ3) is 2.20. The maximum atomic E-state index is 10.2. The van der Waals surface area contributed by atoms with Crippen LogP contribution in [0.25, 0.3) is 0 Å². The van der Waals surface area contributed by atoms with Gasteiger partial charge in [-0.3, -0.25) is 0 Å². The molecule has 0 amide bonds. The molecule has 0 spiro atoms. The zero-order valence-electron chi connectivity index (χ0n) is 7.59. The predicted molar refractivity (Wildman–Crippen MR) is 47.0 cm³/mol. The minimum absolute atomic E-state index is 0.377. The van der Waals surface area contributed by atoms with Crippen LogP contribution in [0.3, 0.4) is 0 Å². The van der Waals surface area contributed by atoms with Crippen molar-refractivity contribution in [2.45, 2.75) is 44.1 Å². The first-order valence-electron chi connectivity index (χ1n) is 5.09. The molecule has 1 unspecified atom stereocenters. The van der Waals surface area contributed by atoms with Crippen LogP contribution in [0.2, 0.25) is 0 Å². The van der Waals surface area contributed by atoms with Crippen LogP contribution in [0.4, 0.5) is 0 Å². The molecule has 0 aromatic rings. The van der Waals surface area contributed by atoms with Gasteiger partial charge < -0.3 is 9.84 Å². The van der Waals surface area contributed by atoms with Gasteiger partial charge in [0, 0.05) is 13.2 Å². The lowest BCUT2D eigenvalue weighted by Gasteiger charge is -2.25. The molecule has 2 fully saturated rings. The summed E-state index contributed by atoms with van der Waals surface area (Å²) in [5.74, 6) is 0.827. The highest BCUT2D eigenvalue weighted by Gasteiger charge is 2.35. The number of hydrogen-bond donors (Lipinski definition) is 1. The van der Waals surface area contributed by atoms with Crippen LogP contribution in [0, 0.1) is 5.92 Å². The first kappa shape index (κ1) is 8.52. The first-order chi connectivity index (χ1) is 5.79. The molecule has 1 heterocycles. The van der Waals surface area contributed by atoms with E-state index in [0.29, 0.717) is 0 Å². The molecular weight excluding hydrogens is 152 g/mol. The van der Waals surface area contributed by atoms with E-state index < -0.39 is 0 Å². The van der Waals surface area contributed by atoms with Gasteiger partial charge in [0.15, 0.2) is 0 Å². The fourth-order valence-corrected chi connectivity index (χ4v) is 2.06. The summed E-state index contributed by atoms with van der Waals surface area (Å²) in [5, 5.41) is 10.2. The molecule has 12 heavy (non-hydrogen) atoms. The van der Waals surface area contributed by atoms with E-state index in [1.807, 2.05) is 0 Å². The van der Waals surface area contributed by atoms with Crippen molar-refractivity contribution in [1.82, 2.24) is 0 Å². The maximum absolute atomic E-state index is 10.2. The lowest BCUT2D eigenvalue weighted by Crippen LogP contribution is -2.29. The molecular formula is C10H18O2. The smallest absolute Gasteiger partial charge is 0.0673 e. The molecule has 0 bridgehead atoms. The minimum Gasteiger partial charge on any atom is -0.390 e. The summed E-state index contributed by atoms with van der Waals surface area (Å²) in [6.45, 7) is 1.59. The largest absolute Gasteiger partial charge is 0.390 e. The van der Waals surface area contributed by atoms with Crippen LogP contribution < -0.4 is 0 Å². The zero-order valence-corrected chi connectivity index (χ0v) is 7.59. The highest BCUT2D eigenvalue weighted by Crippen LogP contribution is 2.40. The van der Waals surface area contributed by atoms with Crippen LogP contribution >= 0.6 is 0 Å². The number of ether oxygens (including phenoxy) is 1. The summed E-state index contributed by atoms with van der Waals surface area (Å²) in [6, 6.07) is 0. The second-order valence-electron chi connectivity index (χ2n) is 4.34. The van der Waals surface area contributed by atoms with Crippen molar-refractivity contribution in [2.24, 2.45) is 5.92 Å². The van der Waals surface area contributed by atoms with E-state index >= 15 is 0 Å². The highest BCUT2D eigenvalue weighted by molar-refractivity contribution is 4.87. The Morgan fingerprint density at radius 3 is 2.83 bits per heavy atom. The van der Waals surface area contributed by atoms with Gasteiger partial charge in [-0.1, -0.05) is 12.8 Å². The van der Waals surface area contributed by atoms with Gasteiger partial charge in [0.2, 0.25) is 0 Å². The summed E-state index contributed by atoms with van der Waals surface area (Å²) in [4.78, 5) is 0. The number of hydrogen-bond acceptors (Lipinski definition) is 2. The Bertz CT molecular complexity index is 144. The molecule has 2 heteroatoms. The van der Waals surface area contributed by atoms with Crippen LogP contribution in [0.1, 0.15) is 38.5 Å². The van der Waals surface area contributed by atoms with Gasteiger partial charge in [0.05, 0.1) is 5.60 Å². The van der Waals surface area contributed by atoms with Gasteiger partial charge in [0.25, 0.3) is 0 Å². The maximum Gasteiger partial charge on any atom is 0.0673 e. The van der Waals surface area contributed by atoms with Gasteiger partial charge in [-0.15, -0.1) is 0 Å². The molecule has 2 rings (SSSR count). The fourth-order valence-electron chi connectivity index (χ4n) is 2.06. The van der Waals surface area contributed by atoms with Crippen LogP contribution in [-0.4, -0.2) is 23.9 Å².